The standard InChI is InChI=1S/C16H25NO3/c1-10-5-6-13(20-4)11(7-10)12(18)9-17-14-8-15(19)16(14,2)3/h5-7,12,14-15,17-19H,8-9H2,1-4H3. The van der Waals surface area contributed by atoms with Crippen LogP contribution in [-0.2, 0) is 0 Å². The molecule has 2 rings (SSSR count). The molecule has 0 spiro atoms. The van der Waals surface area contributed by atoms with E-state index in [9.17, 15) is 10.2 Å². The lowest BCUT2D eigenvalue weighted by atomic mass is 9.64. The van der Waals surface area contributed by atoms with Crippen LogP contribution >= 0.6 is 0 Å². The molecule has 0 amide bonds. The monoisotopic (exact) mass is 279 g/mol. The van der Waals surface area contributed by atoms with Gasteiger partial charge in [0.05, 0.1) is 19.3 Å². The molecule has 1 aliphatic carbocycles. The molecule has 1 fully saturated rings. The van der Waals surface area contributed by atoms with Crippen LogP contribution in [0, 0.1) is 12.3 Å². The maximum atomic E-state index is 10.4. The third-order valence-corrected chi connectivity index (χ3v) is 4.52. The molecule has 0 heterocycles. The van der Waals surface area contributed by atoms with Crippen molar-refractivity contribution in [3.05, 3.63) is 29.3 Å². The van der Waals surface area contributed by atoms with E-state index < -0.39 is 6.10 Å². The Balaban J connectivity index is 1.99. The normalized spacial score (nSPS) is 25.9. The van der Waals surface area contributed by atoms with Gasteiger partial charge in [0.1, 0.15) is 5.75 Å². The number of methoxy groups -OCH3 is 1. The first-order valence-corrected chi connectivity index (χ1v) is 7.10. The summed E-state index contributed by atoms with van der Waals surface area (Å²) in [5.41, 5.74) is 1.77. The summed E-state index contributed by atoms with van der Waals surface area (Å²) >= 11 is 0. The van der Waals surface area contributed by atoms with Crippen LogP contribution in [0.4, 0.5) is 0 Å². The number of ether oxygens (including phenoxy) is 1. The molecular weight excluding hydrogens is 254 g/mol. The van der Waals surface area contributed by atoms with Gasteiger partial charge >= 0.3 is 0 Å². The SMILES string of the molecule is COc1ccc(C)cc1C(O)CNC1CC(O)C1(C)C. The summed E-state index contributed by atoms with van der Waals surface area (Å²) in [4.78, 5) is 0. The largest absolute Gasteiger partial charge is 0.496 e. The van der Waals surface area contributed by atoms with Crippen LogP contribution in [0.15, 0.2) is 18.2 Å². The molecular formula is C16H25NO3. The fourth-order valence-corrected chi connectivity index (χ4v) is 2.73. The van der Waals surface area contributed by atoms with Gasteiger partial charge < -0.3 is 20.3 Å². The average Bonchev–Trinajstić information content (AvgIpc) is 2.42. The fraction of sp³-hybridized carbons (Fsp3) is 0.625. The van der Waals surface area contributed by atoms with Crippen LogP contribution in [0.2, 0.25) is 0 Å². The number of aliphatic hydroxyl groups is 2. The Kier molecular flexibility index (Phi) is 4.37. The molecule has 1 aromatic carbocycles. The molecule has 0 bridgehead atoms. The maximum absolute atomic E-state index is 10.4. The summed E-state index contributed by atoms with van der Waals surface area (Å²) in [5, 5.41) is 23.4. The Morgan fingerprint density at radius 2 is 2.15 bits per heavy atom. The van der Waals surface area contributed by atoms with Crippen LogP contribution in [0.3, 0.4) is 0 Å². The second kappa shape index (κ2) is 5.72. The van der Waals surface area contributed by atoms with E-state index in [4.69, 9.17) is 4.74 Å². The van der Waals surface area contributed by atoms with Gasteiger partial charge in [0.2, 0.25) is 0 Å². The van der Waals surface area contributed by atoms with E-state index in [1.807, 2.05) is 39.0 Å². The molecule has 0 radical (unpaired) electrons. The van der Waals surface area contributed by atoms with E-state index in [1.165, 1.54) is 0 Å². The zero-order valence-electron chi connectivity index (χ0n) is 12.7. The van der Waals surface area contributed by atoms with Gasteiger partial charge in [-0.3, -0.25) is 0 Å². The van der Waals surface area contributed by atoms with Gasteiger partial charge in [-0.15, -0.1) is 0 Å². The molecule has 4 heteroatoms. The summed E-state index contributed by atoms with van der Waals surface area (Å²) in [6, 6.07) is 6.04. The summed E-state index contributed by atoms with van der Waals surface area (Å²) in [6.45, 7) is 6.53. The summed E-state index contributed by atoms with van der Waals surface area (Å²) in [7, 11) is 1.61. The highest BCUT2D eigenvalue weighted by atomic mass is 16.5. The van der Waals surface area contributed by atoms with E-state index in [-0.39, 0.29) is 17.6 Å². The Morgan fingerprint density at radius 1 is 1.45 bits per heavy atom. The van der Waals surface area contributed by atoms with Crippen LogP contribution in [0.5, 0.6) is 5.75 Å². The lowest BCUT2D eigenvalue weighted by Crippen LogP contribution is -2.60. The van der Waals surface area contributed by atoms with Crippen LogP contribution < -0.4 is 10.1 Å². The number of hydrogen-bond acceptors (Lipinski definition) is 4. The summed E-state index contributed by atoms with van der Waals surface area (Å²) in [6.07, 6.45) is -0.131. The third kappa shape index (κ3) is 2.82. The predicted molar refractivity (Wildman–Crippen MR) is 78.9 cm³/mol. The van der Waals surface area contributed by atoms with E-state index in [2.05, 4.69) is 5.32 Å². The lowest BCUT2D eigenvalue weighted by Gasteiger charge is -2.50. The number of rotatable bonds is 5. The van der Waals surface area contributed by atoms with Crippen molar-refractivity contribution in [1.82, 2.24) is 5.32 Å². The number of benzene rings is 1. The van der Waals surface area contributed by atoms with Gasteiger partial charge in [0.25, 0.3) is 0 Å². The topological polar surface area (TPSA) is 61.7 Å². The fourth-order valence-electron chi connectivity index (χ4n) is 2.73. The van der Waals surface area contributed by atoms with Gasteiger partial charge in [0, 0.05) is 23.6 Å². The van der Waals surface area contributed by atoms with Crippen molar-refractivity contribution in [2.45, 2.75) is 45.4 Å². The minimum Gasteiger partial charge on any atom is -0.496 e. The van der Waals surface area contributed by atoms with Crippen LogP contribution in [-0.4, -0.2) is 36.0 Å². The Labute approximate surface area is 120 Å². The van der Waals surface area contributed by atoms with Gasteiger partial charge in [0.15, 0.2) is 0 Å². The van der Waals surface area contributed by atoms with Crippen molar-refractivity contribution in [3.8, 4) is 5.75 Å². The molecule has 1 aromatic rings. The van der Waals surface area contributed by atoms with Gasteiger partial charge in [-0.25, -0.2) is 0 Å². The first-order valence-electron chi connectivity index (χ1n) is 7.10. The Bertz CT molecular complexity index is 473. The van der Waals surface area contributed by atoms with Crippen LogP contribution in [0.1, 0.15) is 37.5 Å². The summed E-state index contributed by atoms with van der Waals surface area (Å²) < 4.78 is 5.30. The molecule has 1 saturated carbocycles. The zero-order chi connectivity index (χ0) is 14.9. The highest BCUT2D eigenvalue weighted by molar-refractivity contribution is 5.38. The first-order chi connectivity index (χ1) is 9.36. The number of hydrogen-bond donors (Lipinski definition) is 3. The molecule has 3 unspecified atom stereocenters. The smallest absolute Gasteiger partial charge is 0.124 e. The van der Waals surface area contributed by atoms with Gasteiger partial charge in [-0.2, -0.15) is 0 Å². The molecule has 1 aliphatic rings. The number of aryl methyl sites for hydroxylation is 1. The molecule has 4 nitrogen and oxygen atoms in total. The zero-order valence-corrected chi connectivity index (χ0v) is 12.7. The lowest BCUT2D eigenvalue weighted by molar-refractivity contribution is -0.0749. The molecule has 0 saturated heterocycles. The van der Waals surface area contributed by atoms with Crippen molar-refractivity contribution in [2.75, 3.05) is 13.7 Å². The van der Waals surface area contributed by atoms with Crippen LogP contribution in [0.25, 0.3) is 0 Å². The minimum atomic E-state index is -0.613. The van der Waals surface area contributed by atoms with Crippen molar-refractivity contribution in [2.24, 2.45) is 5.41 Å². The highest BCUT2D eigenvalue weighted by Gasteiger charge is 2.46. The maximum Gasteiger partial charge on any atom is 0.124 e. The predicted octanol–water partition coefficient (Wildman–Crippen LogP) is 1.79. The van der Waals surface area contributed by atoms with Gasteiger partial charge in [-0.05, 0) is 25.5 Å². The number of nitrogens with one attached hydrogen (secondary N) is 1. The van der Waals surface area contributed by atoms with E-state index in [1.54, 1.807) is 7.11 Å². The number of aliphatic hydroxyl groups excluding tert-OH is 2. The molecule has 0 aromatic heterocycles. The Hall–Kier alpha value is -1.10. The van der Waals surface area contributed by atoms with E-state index >= 15 is 0 Å². The molecule has 0 aliphatic heterocycles. The van der Waals surface area contributed by atoms with Crippen molar-refractivity contribution < 1.29 is 14.9 Å². The quantitative estimate of drug-likeness (QED) is 0.769. The first kappa shape index (κ1) is 15.3. The molecule has 112 valence electrons. The average molecular weight is 279 g/mol. The Morgan fingerprint density at radius 3 is 2.70 bits per heavy atom. The second-order valence-electron chi connectivity index (χ2n) is 6.29. The minimum absolute atomic E-state index is 0.129. The van der Waals surface area contributed by atoms with E-state index in [0.29, 0.717) is 12.3 Å². The molecule has 20 heavy (non-hydrogen) atoms. The second-order valence-corrected chi connectivity index (χ2v) is 6.29. The highest BCUT2D eigenvalue weighted by Crippen LogP contribution is 2.40. The van der Waals surface area contributed by atoms with Crippen molar-refractivity contribution in [1.29, 1.82) is 0 Å². The van der Waals surface area contributed by atoms with Gasteiger partial charge in [-0.1, -0.05) is 25.5 Å². The summed E-state index contributed by atoms with van der Waals surface area (Å²) in [5.74, 6) is 0.706. The molecule has 3 N–H and O–H groups in total. The van der Waals surface area contributed by atoms with Crippen molar-refractivity contribution >= 4 is 0 Å². The molecule has 3 atom stereocenters. The van der Waals surface area contributed by atoms with Crippen molar-refractivity contribution in [3.63, 3.8) is 0 Å². The third-order valence-electron chi connectivity index (χ3n) is 4.52. The van der Waals surface area contributed by atoms with E-state index in [0.717, 1.165) is 17.5 Å².